The van der Waals surface area contributed by atoms with Crippen LogP contribution >= 0.6 is 0 Å². The second-order valence-electron chi connectivity index (χ2n) is 8.34. The molecule has 0 radical (unpaired) electrons. The molecule has 8 heteroatoms. The number of carbonyl (C=O) groups excluding carboxylic acids is 1. The van der Waals surface area contributed by atoms with E-state index in [-0.39, 0.29) is 5.91 Å². The van der Waals surface area contributed by atoms with Gasteiger partial charge in [-0.25, -0.2) is 4.98 Å². The quantitative estimate of drug-likeness (QED) is 0.284. The Morgan fingerprint density at radius 2 is 1.86 bits per heavy atom. The van der Waals surface area contributed by atoms with Crippen molar-refractivity contribution in [3.63, 3.8) is 0 Å². The number of benzene rings is 2. The van der Waals surface area contributed by atoms with Crippen LogP contribution in [0.25, 0.3) is 44.8 Å². The van der Waals surface area contributed by atoms with Crippen molar-refractivity contribution >= 4 is 16.8 Å². The number of aromatic nitrogens is 5. The fraction of sp³-hybridized carbons (Fsp3) is 0.185. The highest BCUT2D eigenvalue weighted by Crippen LogP contribution is 2.33. The lowest BCUT2D eigenvalue weighted by molar-refractivity contribution is 0.0959. The van der Waals surface area contributed by atoms with Gasteiger partial charge in [0.15, 0.2) is 5.82 Å². The Kier molecular flexibility index (Phi) is 6.12. The third-order valence-electron chi connectivity index (χ3n) is 6.19. The largest absolute Gasteiger partial charge is 0.354 e. The smallest absolute Gasteiger partial charge is 0.269 e. The van der Waals surface area contributed by atoms with Crippen molar-refractivity contribution in [1.29, 1.82) is 0 Å². The zero-order valence-electron chi connectivity index (χ0n) is 19.9. The van der Waals surface area contributed by atoms with Crippen molar-refractivity contribution < 1.29 is 4.79 Å². The molecule has 0 unspecified atom stereocenters. The second-order valence-corrected chi connectivity index (χ2v) is 8.34. The fourth-order valence-corrected chi connectivity index (χ4v) is 4.24. The highest BCUT2D eigenvalue weighted by Gasteiger charge is 2.21. The first kappa shape index (κ1) is 22.5. The minimum absolute atomic E-state index is 0.234. The van der Waals surface area contributed by atoms with Gasteiger partial charge in [0, 0.05) is 42.5 Å². The Morgan fingerprint density at radius 1 is 1.03 bits per heavy atom. The number of H-pyrrole nitrogens is 2. The zero-order valence-corrected chi connectivity index (χ0v) is 19.9. The molecule has 0 spiro atoms. The molecule has 2 aromatic carbocycles. The van der Waals surface area contributed by atoms with Crippen LogP contribution in [0.15, 0.2) is 60.9 Å². The first-order chi connectivity index (χ1) is 17.1. The van der Waals surface area contributed by atoms with Gasteiger partial charge in [-0.05, 0) is 42.3 Å². The van der Waals surface area contributed by atoms with E-state index in [0.29, 0.717) is 22.9 Å². The first-order valence-corrected chi connectivity index (χ1v) is 11.6. The molecule has 176 valence electrons. The number of hydrogen-bond donors (Lipinski definition) is 4. The van der Waals surface area contributed by atoms with Crippen LogP contribution in [0.5, 0.6) is 0 Å². The van der Waals surface area contributed by atoms with Crippen LogP contribution in [0.2, 0.25) is 0 Å². The number of aromatic amines is 2. The molecule has 0 fully saturated rings. The standard InChI is InChI=1S/C27H27N7O/c1-4-29-13-19-14-30-15-21(16(19)2)18-10-11-22-20(12-18)24(34-33-22)26-31-23(17-8-6-5-7-9-17)25(32-26)27(35)28-3/h5-12,14-15,29H,4,13H2,1-3H3,(H,28,35)(H,31,32)(H,33,34). The third kappa shape index (κ3) is 4.20. The van der Waals surface area contributed by atoms with Crippen molar-refractivity contribution in [2.45, 2.75) is 20.4 Å². The Bertz CT molecular complexity index is 1500. The Labute approximate surface area is 203 Å². The van der Waals surface area contributed by atoms with Crippen molar-refractivity contribution in [2.75, 3.05) is 13.6 Å². The van der Waals surface area contributed by atoms with E-state index in [1.54, 1.807) is 7.05 Å². The Morgan fingerprint density at radius 3 is 2.63 bits per heavy atom. The van der Waals surface area contributed by atoms with Gasteiger partial charge in [0.05, 0.1) is 5.52 Å². The molecule has 5 rings (SSSR count). The summed E-state index contributed by atoms with van der Waals surface area (Å²) in [5.41, 5.74) is 7.87. The van der Waals surface area contributed by atoms with E-state index in [1.807, 2.05) is 48.8 Å². The third-order valence-corrected chi connectivity index (χ3v) is 6.19. The molecule has 4 N–H and O–H groups in total. The number of carbonyl (C=O) groups is 1. The van der Waals surface area contributed by atoms with Crippen LogP contribution in [0, 0.1) is 6.92 Å². The SMILES string of the molecule is CCNCc1cncc(-c2ccc3[nH]nc(-c4nc(-c5ccccc5)c(C(=O)NC)[nH]4)c3c2)c1C. The van der Waals surface area contributed by atoms with E-state index in [1.165, 1.54) is 11.1 Å². The number of pyridine rings is 1. The van der Waals surface area contributed by atoms with Gasteiger partial charge in [0.2, 0.25) is 0 Å². The molecular weight excluding hydrogens is 438 g/mol. The summed E-state index contributed by atoms with van der Waals surface area (Å²) in [4.78, 5) is 25.1. The fourth-order valence-electron chi connectivity index (χ4n) is 4.24. The molecule has 0 saturated carbocycles. The number of amides is 1. The summed E-state index contributed by atoms with van der Waals surface area (Å²) < 4.78 is 0. The number of fused-ring (bicyclic) bond motifs is 1. The maximum Gasteiger partial charge on any atom is 0.269 e. The average Bonchev–Trinajstić information content (AvgIpc) is 3.52. The topological polar surface area (TPSA) is 111 Å². The van der Waals surface area contributed by atoms with Gasteiger partial charge in [0.25, 0.3) is 5.91 Å². The van der Waals surface area contributed by atoms with Gasteiger partial charge in [-0.3, -0.25) is 14.9 Å². The van der Waals surface area contributed by atoms with E-state index in [9.17, 15) is 4.79 Å². The highest BCUT2D eigenvalue weighted by atomic mass is 16.1. The number of nitrogens with zero attached hydrogens (tertiary/aromatic N) is 3. The lowest BCUT2D eigenvalue weighted by Gasteiger charge is -2.11. The number of imidazole rings is 1. The van der Waals surface area contributed by atoms with Gasteiger partial charge < -0.3 is 15.6 Å². The molecule has 0 aliphatic carbocycles. The van der Waals surface area contributed by atoms with Gasteiger partial charge in [-0.1, -0.05) is 43.3 Å². The normalized spacial score (nSPS) is 11.2. The van der Waals surface area contributed by atoms with Gasteiger partial charge in [-0.15, -0.1) is 0 Å². The van der Waals surface area contributed by atoms with Crippen molar-refractivity contribution in [2.24, 2.45) is 0 Å². The molecular formula is C27H27N7O. The zero-order chi connectivity index (χ0) is 24.4. The molecule has 0 saturated heterocycles. The lowest BCUT2D eigenvalue weighted by Crippen LogP contribution is -2.19. The predicted molar refractivity (Wildman–Crippen MR) is 138 cm³/mol. The van der Waals surface area contributed by atoms with E-state index in [2.05, 4.69) is 56.8 Å². The van der Waals surface area contributed by atoms with E-state index >= 15 is 0 Å². The van der Waals surface area contributed by atoms with Gasteiger partial charge in [-0.2, -0.15) is 5.10 Å². The molecule has 8 nitrogen and oxygen atoms in total. The molecule has 3 aromatic heterocycles. The van der Waals surface area contributed by atoms with Crippen molar-refractivity contribution in [3.05, 3.63) is 77.7 Å². The number of hydrogen-bond acceptors (Lipinski definition) is 5. The van der Waals surface area contributed by atoms with Crippen LogP contribution in [-0.2, 0) is 6.54 Å². The van der Waals surface area contributed by atoms with E-state index in [4.69, 9.17) is 4.98 Å². The first-order valence-electron chi connectivity index (χ1n) is 11.6. The monoisotopic (exact) mass is 465 g/mol. The maximum absolute atomic E-state index is 12.6. The van der Waals surface area contributed by atoms with Crippen LogP contribution in [0.4, 0.5) is 0 Å². The summed E-state index contributed by atoms with van der Waals surface area (Å²) in [6.07, 6.45) is 3.81. The molecule has 1 amide bonds. The summed E-state index contributed by atoms with van der Waals surface area (Å²) in [7, 11) is 1.61. The number of rotatable bonds is 7. The van der Waals surface area contributed by atoms with Crippen LogP contribution < -0.4 is 10.6 Å². The summed E-state index contributed by atoms with van der Waals surface area (Å²) >= 11 is 0. The second kappa shape index (κ2) is 9.52. The van der Waals surface area contributed by atoms with Crippen LogP contribution in [-0.4, -0.2) is 44.6 Å². The minimum Gasteiger partial charge on any atom is -0.354 e. The molecule has 5 aromatic rings. The lowest BCUT2D eigenvalue weighted by atomic mass is 9.98. The average molecular weight is 466 g/mol. The summed E-state index contributed by atoms with van der Waals surface area (Å²) in [5.74, 6) is 0.295. The summed E-state index contributed by atoms with van der Waals surface area (Å²) in [6, 6.07) is 15.8. The molecule has 3 heterocycles. The van der Waals surface area contributed by atoms with E-state index < -0.39 is 0 Å². The van der Waals surface area contributed by atoms with Gasteiger partial charge >= 0.3 is 0 Å². The summed E-state index contributed by atoms with van der Waals surface area (Å²) in [5, 5.41) is 14.6. The summed E-state index contributed by atoms with van der Waals surface area (Å²) in [6.45, 7) is 5.90. The highest BCUT2D eigenvalue weighted by molar-refractivity contribution is 6.00. The molecule has 0 atom stereocenters. The van der Waals surface area contributed by atoms with Crippen LogP contribution in [0.3, 0.4) is 0 Å². The predicted octanol–water partition coefficient (Wildman–Crippen LogP) is 4.46. The maximum atomic E-state index is 12.6. The minimum atomic E-state index is -0.234. The molecule has 0 aliphatic rings. The van der Waals surface area contributed by atoms with Crippen LogP contribution in [0.1, 0.15) is 28.5 Å². The Balaban J connectivity index is 1.62. The van der Waals surface area contributed by atoms with E-state index in [0.717, 1.165) is 40.7 Å². The van der Waals surface area contributed by atoms with Gasteiger partial charge in [0.1, 0.15) is 17.1 Å². The van der Waals surface area contributed by atoms with Crippen molar-refractivity contribution in [1.82, 2.24) is 35.8 Å². The molecule has 0 bridgehead atoms. The van der Waals surface area contributed by atoms with Crippen molar-refractivity contribution in [3.8, 4) is 33.9 Å². The molecule has 0 aliphatic heterocycles. The Hall–Kier alpha value is -4.30. The molecule has 35 heavy (non-hydrogen) atoms. The number of nitrogens with one attached hydrogen (secondary N) is 4.